The normalized spacial score (nSPS) is 23.9. The molecule has 2 aromatic carbocycles. The van der Waals surface area contributed by atoms with Gasteiger partial charge < -0.3 is 23.4 Å². The zero-order chi connectivity index (χ0) is 22.6. The third kappa shape index (κ3) is 5.34. The van der Waals surface area contributed by atoms with Crippen molar-refractivity contribution in [3.63, 3.8) is 0 Å². The van der Waals surface area contributed by atoms with Crippen molar-refractivity contribution < 1.29 is 32.8 Å². The van der Waals surface area contributed by atoms with Crippen molar-refractivity contribution in [2.45, 2.75) is 24.9 Å². The van der Waals surface area contributed by atoms with Crippen molar-refractivity contribution in [1.29, 1.82) is 0 Å². The highest BCUT2D eigenvalue weighted by Gasteiger charge is 2.47. The van der Waals surface area contributed by atoms with Crippen molar-refractivity contribution in [2.75, 3.05) is 7.11 Å². The average Bonchev–Trinajstić information content (AvgIpc) is 3.27. The van der Waals surface area contributed by atoms with E-state index in [1.54, 1.807) is 48.5 Å². The standard InChI is InChI=1S/C24H23O7P/c1-28-23(25)12-13-24(26)16-18-14-22(15-19(18)17-24)31-32(27,29-20-8-4-2-5-9-20)30-21-10-6-3-7-11-21/h2-11,14,18-19,26H,15-17H2,1H3/t18-,19+,24+/m0/s1. The molecular formula is C24H23O7P. The second-order valence-corrected chi connectivity index (χ2v) is 9.23. The average molecular weight is 454 g/mol. The zero-order valence-corrected chi connectivity index (χ0v) is 18.4. The number of carbonyl (C=O) groups excluding carboxylic acids is 1. The van der Waals surface area contributed by atoms with Gasteiger partial charge in [0, 0.05) is 12.3 Å². The largest absolute Gasteiger partial charge is 0.646 e. The number of para-hydroxylation sites is 2. The summed E-state index contributed by atoms with van der Waals surface area (Å²) in [5, 5.41) is 10.7. The third-order valence-corrected chi connectivity index (χ3v) is 6.70. The number of hydrogen-bond donors (Lipinski definition) is 1. The Bertz CT molecular complexity index is 1060. The number of phosphoric acid groups is 1. The van der Waals surface area contributed by atoms with E-state index in [1.165, 1.54) is 7.11 Å². The van der Waals surface area contributed by atoms with Gasteiger partial charge in [0.25, 0.3) is 0 Å². The number of esters is 1. The summed E-state index contributed by atoms with van der Waals surface area (Å²) >= 11 is 0. The molecule has 3 atom stereocenters. The van der Waals surface area contributed by atoms with E-state index in [4.69, 9.17) is 13.6 Å². The van der Waals surface area contributed by atoms with Gasteiger partial charge in [-0.05, 0) is 55.0 Å². The molecule has 166 valence electrons. The monoisotopic (exact) mass is 454 g/mol. The molecule has 0 spiro atoms. The van der Waals surface area contributed by atoms with Crippen molar-refractivity contribution in [3.8, 4) is 23.3 Å². The molecular weight excluding hydrogens is 431 g/mol. The van der Waals surface area contributed by atoms with E-state index in [0.717, 1.165) is 0 Å². The molecule has 1 fully saturated rings. The second kappa shape index (κ2) is 9.12. The molecule has 2 aliphatic rings. The smallest absolute Gasteiger partial charge is 0.459 e. The molecule has 2 aliphatic carbocycles. The molecule has 0 saturated heterocycles. The van der Waals surface area contributed by atoms with E-state index in [0.29, 0.717) is 36.5 Å². The number of methoxy groups -OCH3 is 1. The molecule has 0 unspecified atom stereocenters. The highest BCUT2D eigenvalue weighted by molar-refractivity contribution is 7.49. The van der Waals surface area contributed by atoms with Gasteiger partial charge in [-0.1, -0.05) is 42.3 Å². The Hall–Kier alpha value is -3.20. The van der Waals surface area contributed by atoms with Gasteiger partial charge in [-0.3, -0.25) is 0 Å². The maximum Gasteiger partial charge on any atom is 0.646 e. The van der Waals surface area contributed by atoms with Gasteiger partial charge in [0.15, 0.2) is 0 Å². The minimum Gasteiger partial charge on any atom is -0.459 e. The fraction of sp³-hybridized carbons (Fsp3) is 0.292. The van der Waals surface area contributed by atoms with Crippen molar-refractivity contribution in [1.82, 2.24) is 0 Å². The summed E-state index contributed by atoms with van der Waals surface area (Å²) in [6, 6.07) is 17.4. The number of phosphoric ester groups is 1. The fourth-order valence-corrected chi connectivity index (χ4v) is 5.31. The first-order valence-corrected chi connectivity index (χ1v) is 11.7. The molecule has 0 bridgehead atoms. The number of aliphatic hydroxyl groups is 1. The van der Waals surface area contributed by atoms with Crippen LogP contribution < -0.4 is 9.05 Å². The van der Waals surface area contributed by atoms with Crippen LogP contribution in [0.3, 0.4) is 0 Å². The van der Waals surface area contributed by atoms with Gasteiger partial charge in [0.05, 0.1) is 7.11 Å². The molecule has 0 amide bonds. The minimum atomic E-state index is -4.03. The lowest BCUT2D eigenvalue weighted by molar-refractivity contribution is -0.133. The Kier molecular flexibility index (Phi) is 6.27. The number of fused-ring (bicyclic) bond motifs is 1. The van der Waals surface area contributed by atoms with E-state index < -0.39 is 19.4 Å². The van der Waals surface area contributed by atoms with E-state index in [2.05, 4.69) is 16.6 Å². The van der Waals surface area contributed by atoms with Gasteiger partial charge in [-0.25, -0.2) is 4.79 Å². The predicted octanol–water partition coefficient (Wildman–Crippen LogP) is 4.49. The SMILES string of the molecule is COC(=O)C#C[C@]1(O)C[C@H]2CC(OP(=O)(Oc3ccccc3)Oc3ccccc3)=C[C@H]2C1. The van der Waals surface area contributed by atoms with Crippen LogP contribution in [0.25, 0.3) is 0 Å². The lowest BCUT2D eigenvalue weighted by Crippen LogP contribution is -2.23. The zero-order valence-electron chi connectivity index (χ0n) is 17.5. The highest BCUT2D eigenvalue weighted by Crippen LogP contribution is 2.55. The number of allylic oxidation sites excluding steroid dienone is 2. The fourth-order valence-electron chi connectivity index (χ4n) is 4.02. The first-order chi connectivity index (χ1) is 15.4. The van der Waals surface area contributed by atoms with Crippen LogP contribution in [0.5, 0.6) is 11.5 Å². The molecule has 0 aliphatic heterocycles. The molecule has 0 heterocycles. The van der Waals surface area contributed by atoms with E-state index >= 15 is 0 Å². The van der Waals surface area contributed by atoms with Crippen LogP contribution in [-0.4, -0.2) is 23.8 Å². The molecule has 7 nitrogen and oxygen atoms in total. The number of ether oxygens (including phenoxy) is 1. The van der Waals surface area contributed by atoms with Gasteiger partial charge >= 0.3 is 13.8 Å². The van der Waals surface area contributed by atoms with Crippen LogP contribution in [0.4, 0.5) is 0 Å². The molecule has 1 saturated carbocycles. The molecule has 32 heavy (non-hydrogen) atoms. The first kappa shape index (κ1) is 22.0. The van der Waals surface area contributed by atoms with Crippen LogP contribution in [0, 0.1) is 23.7 Å². The maximum absolute atomic E-state index is 13.5. The Labute approximate surface area is 186 Å². The van der Waals surface area contributed by atoms with Crippen molar-refractivity contribution in [2.24, 2.45) is 11.8 Å². The third-order valence-electron chi connectivity index (χ3n) is 5.37. The minimum absolute atomic E-state index is 0.0242. The molecule has 2 aromatic rings. The van der Waals surface area contributed by atoms with Crippen molar-refractivity contribution in [3.05, 3.63) is 72.5 Å². The molecule has 0 radical (unpaired) electrons. The highest BCUT2D eigenvalue weighted by atomic mass is 31.2. The van der Waals surface area contributed by atoms with Gasteiger partial charge in [-0.15, -0.1) is 0 Å². The Morgan fingerprint density at radius 1 is 1.00 bits per heavy atom. The number of carbonyl (C=O) groups is 1. The maximum atomic E-state index is 13.5. The number of benzene rings is 2. The molecule has 8 heteroatoms. The summed E-state index contributed by atoms with van der Waals surface area (Å²) in [6.07, 6.45) is 3.00. The van der Waals surface area contributed by atoms with Gasteiger partial charge in [0.1, 0.15) is 22.9 Å². The van der Waals surface area contributed by atoms with E-state index in [1.807, 2.05) is 18.2 Å². The molecule has 0 aromatic heterocycles. The van der Waals surface area contributed by atoms with Crippen LogP contribution >= 0.6 is 7.82 Å². The number of hydrogen-bond acceptors (Lipinski definition) is 7. The van der Waals surface area contributed by atoms with Gasteiger partial charge in [-0.2, -0.15) is 4.57 Å². The van der Waals surface area contributed by atoms with Gasteiger partial charge in [0.2, 0.25) is 0 Å². The van der Waals surface area contributed by atoms with E-state index in [9.17, 15) is 14.5 Å². The summed E-state index contributed by atoms with van der Waals surface area (Å²) in [5.74, 6) is 5.47. The van der Waals surface area contributed by atoms with Crippen LogP contribution in [0.15, 0.2) is 72.5 Å². The van der Waals surface area contributed by atoms with Crippen LogP contribution in [0.1, 0.15) is 19.3 Å². The number of rotatable bonds is 6. The second-order valence-electron chi connectivity index (χ2n) is 7.79. The summed E-state index contributed by atoms with van der Waals surface area (Å²) < 4.78 is 35.2. The topological polar surface area (TPSA) is 91.3 Å². The Morgan fingerprint density at radius 3 is 2.12 bits per heavy atom. The first-order valence-electron chi connectivity index (χ1n) is 10.2. The lowest BCUT2D eigenvalue weighted by Gasteiger charge is -2.21. The summed E-state index contributed by atoms with van der Waals surface area (Å²) in [4.78, 5) is 11.3. The Balaban J connectivity index is 1.50. The van der Waals surface area contributed by atoms with E-state index in [-0.39, 0.29) is 11.8 Å². The summed E-state index contributed by atoms with van der Waals surface area (Å²) in [7, 11) is -2.79. The molecule has 1 N–H and O–H groups in total. The quantitative estimate of drug-likeness (QED) is 0.298. The molecule has 4 rings (SSSR count). The lowest BCUT2D eigenvalue weighted by atomic mass is 9.99. The summed E-state index contributed by atoms with van der Waals surface area (Å²) in [5.41, 5.74) is -1.27. The van der Waals surface area contributed by atoms with Crippen LogP contribution in [0.2, 0.25) is 0 Å². The van der Waals surface area contributed by atoms with Crippen molar-refractivity contribution >= 4 is 13.8 Å². The Morgan fingerprint density at radius 2 is 1.59 bits per heavy atom. The predicted molar refractivity (Wildman–Crippen MR) is 116 cm³/mol. The summed E-state index contributed by atoms with van der Waals surface area (Å²) in [6.45, 7) is 0. The van der Waals surface area contributed by atoms with Crippen LogP contribution in [-0.2, 0) is 18.6 Å².